The zero-order valence-electron chi connectivity index (χ0n) is 11.6. The molecule has 0 spiro atoms. The molecule has 3 heterocycles. The van der Waals surface area contributed by atoms with Crippen molar-refractivity contribution in [2.45, 2.75) is 25.6 Å². The van der Waals surface area contributed by atoms with Gasteiger partial charge in [-0.05, 0) is 35.8 Å². The third kappa shape index (κ3) is 2.48. The van der Waals surface area contributed by atoms with Crippen LogP contribution in [0, 0.1) is 3.95 Å². The van der Waals surface area contributed by atoms with Gasteiger partial charge in [0.1, 0.15) is 6.04 Å². The van der Waals surface area contributed by atoms with Crippen molar-refractivity contribution < 1.29 is 4.90 Å². The molecule has 0 radical (unpaired) electrons. The van der Waals surface area contributed by atoms with E-state index in [4.69, 9.17) is 12.2 Å². The molecule has 1 N–H and O–H groups in total. The van der Waals surface area contributed by atoms with E-state index in [1.54, 1.807) is 16.2 Å². The average Bonchev–Trinajstić information content (AvgIpc) is 3.20. The first-order valence-corrected chi connectivity index (χ1v) is 9.40. The molecular weight excluding hydrogens is 316 g/mol. The van der Waals surface area contributed by atoms with Crippen LogP contribution in [-0.2, 0) is 6.67 Å². The largest absolute Gasteiger partial charge is 0.311 e. The molecular formula is C16H17N2S3+. The number of thiazole rings is 1. The lowest BCUT2D eigenvalue weighted by molar-refractivity contribution is -0.940. The first kappa shape index (κ1) is 13.6. The molecule has 2 aromatic heterocycles. The van der Waals surface area contributed by atoms with E-state index in [-0.39, 0.29) is 0 Å². The molecule has 3 aromatic rings. The number of para-hydroxylation sites is 1. The molecule has 1 aromatic carbocycles. The fraction of sp³-hybridized carbons (Fsp3) is 0.312. The molecule has 0 bridgehead atoms. The van der Waals surface area contributed by atoms with Crippen LogP contribution >= 0.6 is 34.9 Å². The summed E-state index contributed by atoms with van der Waals surface area (Å²) in [5.41, 5.74) is 1.29. The Bertz CT molecular complexity index is 800. The maximum atomic E-state index is 5.60. The minimum Gasteiger partial charge on any atom is -0.311 e. The molecule has 1 fully saturated rings. The molecule has 1 aliphatic rings. The van der Waals surface area contributed by atoms with E-state index in [0.29, 0.717) is 6.04 Å². The van der Waals surface area contributed by atoms with Gasteiger partial charge in [0.05, 0.1) is 21.6 Å². The van der Waals surface area contributed by atoms with Gasteiger partial charge in [-0.15, -0.1) is 22.7 Å². The normalized spacial score (nSPS) is 22.1. The Morgan fingerprint density at radius 2 is 2.14 bits per heavy atom. The van der Waals surface area contributed by atoms with Crippen molar-refractivity contribution in [3.8, 4) is 0 Å². The van der Waals surface area contributed by atoms with Crippen LogP contribution in [0.25, 0.3) is 10.2 Å². The lowest BCUT2D eigenvalue weighted by atomic mass is 10.2. The fourth-order valence-corrected chi connectivity index (χ4v) is 5.54. The lowest BCUT2D eigenvalue weighted by Gasteiger charge is -2.21. The highest BCUT2D eigenvalue weighted by Gasteiger charge is 2.31. The predicted molar refractivity (Wildman–Crippen MR) is 92.8 cm³/mol. The fourth-order valence-electron chi connectivity index (χ4n) is 3.30. The Kier molecular flexibility index (Phi) is 3.67. The van der Waals surface area contributed by atoms with Crippen LogP contribution < -0.4 is 4.90 Å². The van der Waals surface area contributed by atoms with Gasteiger partial charge in [-0.25, -0.2) is 0 Å². The quantitative estimate of drug-likeness (QED) is 0.716. The minimum atomic E-state index is 0.644. The Balaban J connectivity index is 1.68. The Morgan fingerprint density at radius 1 is 1.24 bits per heavy atom. The summed E-state index contributed by atoms with van der Waals surface area (Å²) in [6, 6.07) is 13.7. The van der Waals surface area contributed by atoms with E-state index in [1.807, 2.05) is 11.3 Å². The smallest absolute Gasteiger partial charge is 0.166 e. The molecule has 21 heavy (non-hydrogen) atoms. The zero-order valence-corrected chi connectivity index (χ0v) is 14.1. The van der Waals surface area contributed by atoms with Gasteiger partial charge < -0.3 is 4.90 Å². The van der Waals surface area contributed by atoms with Gasteiger partial charge >= 0.3 is 0 Å². The standard InChI is InChI=1S/C16H16N2S3/c19-16-18(13-5-1-2-7-15(13)21-16)11-17-9-3-6-12(17)14-8-4-10-20-14/h1-2,4-5,7-8,10,12H,3,6,9,11H2/p+1/t12-/m1/s1. The van der Waals surface area contributed by atoms with E-state index in [1.165, 1.54) is 34.5 Å². The monoisotopic (exact) mass is 333 g/mol. The molecule has 1 saturated heterocycles. The van der Waals surface area contributed by atoms with Crippen molar-refractivity contribution in [1.29, 1.82) is 0 Å². The summed E-state index contributed by atoms with van der Waals surface area (Å²) in [6.45, 7) is 2.24. The average molecular weight is 334 g/mol. The second-order valence-electron chi connectivity index (χ2n) is 5.54. The summed E-state index contributed by atoms with van der Waals surface area (Å²) >= 11 is 9.22. The third-order valence-corrected chi connectivity index (χ3v) is 6.72. The van der Waals surface area contributed by atoms with Crippen molar-refractivity contribution >= 4 is 45.1 Å². The van der Waals surface area contributed by atoms with E-state index in [9.17, 15) is 0 Å². The minimum absolute atomic E-state index is 0.644. The molecule has 2 nitrogen and oxygen atoms in total. The third-order valence-electron chi connectivity index (χ3n) is 4.31. The zero-order chi connectivity index (χ0) is 14.2. The van der Waals surface area contributed by atoms with E-state index < -0.39 is 0 Å². The maximum Gasteiger partial charge on any atom is 0.166 e. The maximum absolute atomic E-state index is 5.60. The van der Waals surface area contributed by atoms with Crippen LogP contribution in [0.15, 0.2) is 41.8 Å². The summed E-state index contributed by atoms with van der Waals surface area (Å²) in [5, 5.41) is 2.19. The van der Waals surface area contributed by atoms with Gasteiger partial charge in [0.25, 0.3) is 0 Å². The first-order chi connectivity index (χ1) is 10.3. The number of thiophene rings is 1. The van der Waals surface area contributed by atoms with E-state index >= 15 is 0 Å². The molecule has 0 aliphatic carbocycles. The van der Waals surface area contributed by atoms with Gasteiger partial charge in [0, 0.05) is 12.8 Å². The second kappa shape index (κ2) is 5.65. The summed E-state index contributed by atoms with van der Waals surface area (Å²) in [7, 11) is 0. The molecule has 108 valence electrons. The second-order valence-corrected chi connectivity index (χ2v) is 8.20. The number of quaternary nitrogens is 1. The van der Waals surface area contributed by atoms with Gasteiger partial charge in [-0.3, -0.25) is 4.57 Å². The highest BCUT2D eigenvalue weighted by atomic mass is 32.1. The molecule has 1 unspecified atom stereocenters. The van der Waals surface area contributed by atoms with Gasteiger partial charge in [0.15, 0.2) is 10.6 Å². The summed E-state index contributed by atoms with van der Waals surface area (Å²) in [4.78, 5) is 3.17. The predicted octanol–water partition coefficient (Wildman–Crippen LogP) is 3.87. The highest BCUT2D eigenvalue weighted by Crippen LogP contribution is 2.25. The van der Waals surface area contributed by atoms with E-state index in [0.717, 1.165) is 10.6 Å². The summed E-state index contributed by atoms with van der Waals surface area (Å²) < 4.78 is 4.63. The number of hydrogen-bond acceptors (Lipinski definition) is 3. The number of aromatic nitrogens is 1. The Morgan fingerprint density at radius 3 is 3.00 bits per heavy atom. The van der Waals surface area contributed by atoms with Crippen molar-refractivity contribution in [3.05, 3.63) is 50.6 Å². The SMILES string of the molecule is S=c1sc2ccccc2n1C[NH+]1CCC[C@@H]1c1cccs1. The Labute approximate surface area is 137 Å². The number of nitrogens with one attached hydrogen (secondary N) is 1. The van der Waals surface area contributed by atoms with E-state index in [2.05, 4.69) is 46.3 Å². The number of rotatable bonds is 3. The van der Waals surface area contributed by atoms with Crippen molar-refractivity contribution in [2.75, 3.05) is 6.54 Å². The summed E-state index contributed by atoms with van der Waals surface area (Å²) in [6.07, 6.45) is 2.61. The molecule has 4 rings (SSSR count). The van der Waals surface area contributed by atoms with Crippen molar-refractivity contribution in [2.24, 2.45) is 0 Å². The van der Waals surface area contributed by atoms with Crippen molar-refractivity contribution in [1.82, 2.24) is 4.57 Å². The molecule has 0 saturated carbocycles. The van der Waals surface area contributed by atoms with Crippen LogP contribution in [0.3, 0.4) is 0 Å². The summed E-state index contributed by atoms with van der Waals surface area (Å²) in [5.74, 6) is 0. The number of likely N-dealkylation sites (tertiary alicyclic amines) is 1. The van der Waals surface area contributed by atoms with Gasteiger partial charge in [-0.1, -0.05) is 18.2 Å². The molecule has 2 atom stereocenters. The van der Waals surface area contributed by atoms with Gasteiger partial charge in [-0.2, -0.15) is 0 Å². The topological polar surface area (TPSA) is 9.37 Å². The molecule has 1 aliphatic heterocycles. The highest BCUT2D eigenvalue weighted by molar-refractivity contribution is 7.73. The number of hydrogen-bond donors (Lipinski definition) is 1. The van der Waals surface area contributed by atoms with Crippen LogP contribution in [-0.4, -0.2) is 11.1 Å². The van der Waals surface area contributed by atoms with Crippen molar-refractivity contribution in [3.63, 3.8) is 0 Å². The first-order valence-electron chi connectivity index (χ1n) is 7.29. The van der Waals surface area contributed by atoms with Gasteiger partial charge in [0.2, 0.25) is 0 Å². The number of benzene rings is 1. The molecule has 5 heteroatoms. The Hall–Kier alpha value is -1.01. The van der Waals surface area contributed by atoms with Crippen LogP contribution in [0.5, 0.6) is 0 Å². The van der Waals surface area contributed by atoms with Crippen LogP contribution in [0.4, 0.5) is 0 Å². The van der Waals surface area contributed by atoms with Crippen LogP contribution in [0.1, 0.15) is 23.8 Å². The number of fused-ring (bicyclic) bond motifs is 1. The lowest BCUT2D eigenvalue weighted by Crippen LogP contribution is -3.09. The van der Waals surface area contributed by atoms with Crippen LogP contribution in [0.2, 0.25) is 0 Å². The molecule has 0 amide bonds. The number of nitrogens with zero attached hydrogens (tertiary/aromatic N) is 1.